The van der Waals surface area contributed by atoms with Gasteiger partial charge in [0.05, 0.1) is 0 Å². The van der Waals surface area contributed by atoms with E-state index in [2.05, 4.69) is 27.7 Å². The summed E-state index contributed by atoms with van der Waals surface area (Å²) in [5.41, 5.74) is 0. The summed E-state index contributed by atoms with van der Waals surface area (Å²) < 4.78 is 0. The molecule has 2 aliphatic rings. The molecule has 0 aromatic rings. The molecule has 0 nitrogen and oxygen atoms in total. The molecule has 0 spiro atoms. The fourth-order valence-electron chi connectivity index (χ4n) is 4.07. The summed E-state index contributed by atoms with van der Waals surface area (Å²) in [6, 6.07) is 0. The third-order valence-corrected chi connectivity index (χ3v) is 5.37. The predicted octanol–water partition coefficient (Wildman–Crippen LogP) is 8.50. The molecule has 0 atom stereocenters. The van der Waals surface area contributed by atoms with Crippen LogP contribution in [0.3, 0.4) is 0 Å². The van der Waals surface area contributed by atoms with E-state index in [0.717, 1.165) is 23.7 Å². The van der Waals surface area contributed by atoms with Crippen LogP contribution in [0.25, 0.3) is 0 Å². The lowest BCUT2D eigenvalue weighted by Crippen LogP contribution is -2.08. The lowest BCUT2D eigenvalue weighted by molar-refractivity contribution is 0.305. The van der Waals surface area contributed by atoms with Gasteiger partial charge in [0, 0.05) is 0 Å². The van der Waals surface area contributed by atoms with Gasteiger partial charge in [0.25, 0.3) is 0 Å². The quantitative estimate of drug-likeness (QED) is 0.458. The molecular formula is C22H48. The van der Waals surface area contributed by atoms with Gasteiger partial charge in [-0.25, -0.2) is 0 Å². The largest absolute Gasteiger partial charge is 0.0776 e. The van der Waals surface area contributed by atoms with E-state index in [9.17, 15) is 0 Å². The van der Waals surface area contributed by atoms with E-state index in [0.29, 0.717) is 0 Å². The molecule has 0 saturated heterocycles. The summed E-state index contributed by atoms with van der Waals surface area (Å²) in [7, 11) is 0. The van der Waals surface area contributed by atoms with Gasteiger partial charge in [-0.1, -0.05) is 113 Å². The molecule has 0 amide bonds. The minimum atomic E-state index is 0. The zero-order valence-corrected chi connectivity index (χ0v) is 14.8. The second-order valence-electron chi connectivity index (χ2n) is 8.13. The van der Waals surface area contributed by atoms with Crippen molar-refractivity contribution in [2.24, 2.45) is 23.7 Å². The van der Waals surface area contributed by atoms with Crippen LogP contribution in [-0.4, -0.2) is 0 Å². The van der Waals surface area contributed by atoms with E-state index in [1.165, 1.54) is 77.0 Å². The van der Waals surface area contributed by atoms with Gasteiger partial charge in [-0.15, -0.1) is 0 Å². The summed E-state index contributed by atoms with van der Waals surface area (Å²) in [6.07, 6.45) is 17.9. The van der Waals surface area contributed by atoms with Crippen LogP contribution in [0.4, 0.5) is 0 Å². The Balaban J connectivity index is 0. The van der Waals surface area contributed by atoms with Crippen LogP contribution in [0.2, 0.25) is 0 Å². The van der Waals surface area contributed by atoms with Crippen molar-refractivity contribution in [2.45, 2.75) is 120 Å². The van der Waals surface area contributed by atoms with E-state index >= 15 is 0 Å². The van der Waals surface area contributed by atoms with Gasteiger partial charge in [0.1, 0.15) is 0 Å². The Kier molecular flexibility index (Phi) is 16.1. The third kappa shape index (κ3) is 11.6. The van der Waals surface area contributed by atoms with E-state index in [-0.39, 0.29) is 14.9 Å². The molecule has 0 heterocycles. The van der Waals surface area contributed by atoms with E-state index < -0.39 is 0 Å². The molecule has 0 radical (unpaired) electrons. The van der Waals surface area contributed by atoms with E-state index in [4.69, 9.17) is 0 Å². The highest BCUT2D eigenvalue weighted by molar-refractivity contribution is 4.67. The first-order valence-electron chi connectivity index (χ1n) is 9.59. The minimum Gasteiger partial charge on any atom is -0.0776 e. The van der Waals surface area contributed by atoms with Crippen molar-refractivity contribution in [3.05, 3.63) is 0 Å². The fourth-order valence-corrected chi connectivity index (χ4v) is 4.07. The Morgan fingerprint density at radius 1 is 0.636 bits per heavy atom. The summed E-state index contributed by atoms with van der Waals surface area (Å²) in [5.74, 6) is 3.97. The van der Waals surface area contributed by atoms with Crippen molar-refractivity contribution in [2.75, 3.05) is 0 Å². The zero-order valence-electron chi connectivity index (χ0n) is 14.8. The first kappa shape index (κ1) is 24.3. The van der Waals surface area contributed by atoms with Gasteiger partial charge >= 0.3 is 0 Å². The number of hydrogen-bond acceptors (Lipinski definition) is 0. The van der Waals surface area contributed by atoms with Crippen molar-refractivity contribution in [3.8, 4) is 0 Å². The lowest BCUT2D eigenvalue weighted by Gasteiger charge is -2.22. The molecule has 22 heavy (non-hydrogen) atoms. The van der Waals surface area contributed by atoms with Crippen molar-refractivity contribution in [3.63, 3.8) is 0 Å². The second-order valence-corrected chi connectivity index (χ2v) is 8.13. The smallest absolute Gasteiger partial charge is 0.0391 e. The molecule has 2 aliphatic carbocycles. The normalized spacial score (nSPS) is 20.5. The Morgan fingerprint density at radius 3 is 1.45 bits per heavy atom. The summed E-state index contributed by atoms with van der Waals surface area (Å²) in [6.45, 7) is 9.43. The number of hydrogen-bond donors (Lipinski definition) is 0. The van der Waals surface area contributed by atoms with Gasteiger partial charge in [0.15, 0.2) is 0 Å². The van der Waals surface area contributed by atoms with Gasteiger partial charge < -0.3 is 0 Å². The third-order valence-electron chi connectivity index (χ3n) is 5.37. The molecule has 0 heteroatoms. The maximum atomic E-state index is 2.37. The topological polar surface area (TPSA) is 0 Å². The van der Waals surface area contributed by atoms with Crippen molar-refractivity contribution < 1.29 is 0 Å². The van der Waals surface area contributed by atoms with Crippen molar-refractivity contribution >= 4 is 0 Å². The highest BCUT2D eigenvalue weighted by Gasteiger charge is 2.15. The highest BCUT2D eigenvalue weighted by Crippen LogP contribution is 2.29. The Morgan fingerprint density at radius 2 is 1.05 bits per heavy atom. The average Bonchev–Trinajstić information content (AvgIpc) is 2.69. The molecule has 0 bridgehead atoms. The standard InChI is InChI=1S/2C10H20.2CH4/c1-9(2)8-10-6-4-3-5-7-10;1-9(2)10-7-5-3-4-6-8-10;;/h2*9-10H,3-8H2,1-2H3;2*1H4. The van der Waals surface area contributed by atoms with Gasteiger partial charge in [0.2, 0.25) is 0 Å². The molecule has 0 unspecified atom stereocenters. The van der Waals surface area contributed by atoms with Crippen LogP contribution < -0.4 is 0 Å². The first-order valence-corrected chi connectivity index (χ1v) is 9.59. The molecule has 0 aromatic heterocycles. The molecule has 0 aromatic carbocycles. The summed E-state index contributed by atoms with van der Waals surface area (Å²) in [4.78, 5) is 0. The van der Waals surface area contributed by atoms with Gasteiger partial charge in [-0.05, 0) is 30.1 Å². The van der Waals surface area contributed by atoms with E-state index in [1.54, 1.807) is 0 Å². The SMILES string of the molecule is C.C.CC(C)C1CCCCCC1.CC(C)CC1CCCCC1. The van der Waals surface area contributed by atoms with Crippen LogP contribution in [0.5, 0.6) is 0 Å². The highest BCUT2D eigenvalue weighted by atomic mass is 14.2. The van der Waals surface area contributed by atoms with E-state index in [1.807, 2.05) is 0 Å². The Hall–Kier alpha value is 0. The lowest BCUT2D eigenvalue weighted by atomic mass is 9.84. The van der Waals surface area contributed by atoms with Gasteiger partial charge in [-0.3, -0.25) is 0 Å². The van der Waals surface area contributed by atoms with Gasteiger partial charge in [-0.2, -0.15) is 0 Å². The average molecular weight is 313 g/mol. The Labute approximate surface area is 143 Å². The molecular weight excluding hydrogens is 264 g/mol. The summed E-state index contributed by atoms with van der Waals surface area (Å²) in [5, 5.41) is 0. The maximum absolute atomic E-state index is 2.37. The molecule has 2 fully saturated rings. The maximum Gasteiger partial charge on any atom is -0.0391 e. The zero-order chi connectivity index (χ0) is 14.8. The van der Waals surface area contributed by atoms with Crippen LogP contribution >= 0.6 is 0 Å². The molecule has 2 saturated carbocycles. The number of rotatable bonds is 3. The predicted molar refractivity (Wildman–Crippen MR) is 106 cm³/mol. The monoisotopic (exact) mass is 312 g/mol. The second kappa shape index (κ2) is 14.6. The minimum absolute atomic E-state index is 0. The van der Waals surface area contributed by atoms with Crippen molar-refractivity contribution in [1.29, 1.82) is 0 Å². The fraction of sp³-hybridized carbons (Fsp3) is 1.00. The van der Waals surface area contributed by atoms with Crippen LogP contribution in [-0.2, 0) is 0 Å². The van der Waals surface area contributed by atoms with Crippen LogP contribution in [0, 0.1) is 23.7 Å². The molecule has 0 N–H and O–H groups in total. The summed E-state index contributed by atoms with van der Waals surface area (Å²) >= 11 is 0. The first-order chi connectivity index (χ1) is 9.59. The molecule has 136 valence electrons. The van der Waals surface area contributed by atoms with Crippen LogP contribution in [0.1, 0.15) is 120 Å². The molecule has 2 rings (SSSR count). The van der Waals surface area contributed by atoms with Crippen molar-refractivity contribution in [1.82, 2.24) is 0 Å². The molecule has 0 aliphatic heterocycles. The Bertz CT molecular complexity index is 202. The van der Waals surface area contributed by atoms with Crippen LogP contribution in [0.15, 0.2) is 0 Å².